The molecule has 3 rings (SSSR count). The van der Waals surface area contributed by atoms with Gasteiger partial charge in [0.2, 0.25) is 0 Å². The standard InChI is InChI=1S/C17H25NO2/c1-12(18-10-16-11-19-17(2,3)20-16)14-8-7-13-5-4-6-15(13)9-14/h7-9,12,16,18H,4-6,10-11H2,1-3H3. The molecule has 1 aromatic carbocycles. The molecule has 1 heterocycles. The van der Waals surface area contributed by atoms with Crippen LogP contribution in [-0.4, -0.2) is 25.0 Å². The maximum absolute atomic E-state index is 5.82. The first-order valence-corrected chi connectivity index (χ1v) is 7.70. The largest absolute Gasteiger partial charge is 0.348 e. The van der Waals surface area contributed by atoms with Gasteiger partial charge in [-0.05, 0) is 56.7 Å². The van der Waals surface area contributed by atoms with Crippen LogP contribution in [0.3, 0.4) is 0 Å². The van der Waals surface area contributed by atoms with Gasteiger partial charge in [0.15, 0.2) is 5.79 Å². The molecular weight excluding hydrogens is 250 g/mol. The highest BCUT2D eigenvalue weighted by Gasteiger charge is 2.32. The van der Waals surface area contributed by atoms with Gasteiger partial charge in [-0.1, -0.05) is 18.2 Å². The van der Waals surface area contributed by atoms with E-state index in [0.717, 1.165) is 6.54 Å². The van der Waals surface area contributed by atoms with E-state index in [4.69, 9.17) is 9.47 Å². The smallest absolute Gasteiger partial charge is 0.163 e. The Morgan fingerprint density at radius 2 is 2.10 bits per heavy atom. The summed E-state index contributed by atoms with van der Waals surface area (Å²) in [7, 11) is 0. The average Bonchev–Trinajstić information content (AvgIpc) is 3.01. The molecule has 2 atom stereocenters. The normalized spacial score (nSPS) is 25.6. The molecule has 0 amide bonds. The summed E-state index contributed by atoms with van der Waals surface area (Å²) >= 11 is 0. The molecule has 1 N–H and O–H groups in total. The van der Waals surface area contributed by atoms with Crippen LogP contribution < -0.4 is 5.32 Å². The van der Waals surface area contributed by atoms with Crippen LogP contribution in [0.25, 0.3) is 0 Å². The van der Waals surface area contributed by atoms with Crippen molar-refractivity contribution in [2.45, 2.75) is 58.0 Å². The minimum Gasteiger partial charge on any atom is -0.348 e. The van der Waals surface area contributed by atoms with Gasteiger partial charge in [-0.3, -0.25) is 0 Å². The maximum atomic E-state index is 5.82. The third-order valence-electron chi connectivity index (χ3n) is 4.34. The summed E-state index contributed by atoms with van der Waals surface area (Å²) in [6, 6.07) is 7.29. The lowest BCUT2D eigenvalue weighted by Crippen LogP contribution is -2.32. The van der Waals surface area contributed by atoms with E-state index in [0.29, 0.717) is 12.6 Å². The second-order valence-electron chi connectivity index (χ2n) is 6.46. The molecule has 20 heavy (non-hydrogen) atoms. The second-order valence-corrected chi connectivity index (χ2v) is 6.46. The van der Waals surface area contributed by atoms with E-state index >= 15 is 0 Å². The van der Waals surface area contributed by atoms with E-state index in [-0.39, 0.29) is 6.10 Å². The second kappa shape index (κ2) is 5.47. The molecule has 0 spiro atoms. The van der Waals surface area contributed by atoms with Crippen LogP contribution in [0.4, 0.5) is 0 Å². The number of nitrogens with one attached hydrogen (secondary N) is 1. The van der Waals surface area contributed by atoms with E-state index in [2.05, 4.69) is 30.4 Å². The Morgan fingerprint density at radius 3 is 2.85 bits per heavy atom. The molecule has 2 aliphatic rings. The third kappa shape index (κ3) is 3.05. The zero-order valence-electron chi connectivity index (χ0n) is 12.7. The molecule has 3 nitrogen and oxygen atoms in total. The van der Waals surface area contributed by atoms with Gasteiger partial charge < -0.3 is 14.8 Å². The fourth-order valence-corrected chi connectivity index (χ4v) is 3.15. The first-order valence-electron chi connectivity index (χ1n) is 7.70. The first-order chi connectivity index (χ1) is 9.53. The van der Waals surface area contributed by atoms with Gasteiger partial charge >= 0.3 is 0 Å². The fraction of sp³-hybridized carbons (Fsp3) is 0.647. The van der Waals surface area contributed by atoms with Crippen molar-refractivity contribution in [1.29, 1.82) is 0 Å². The number of aryl methyl sites for hydroxylation is 2. The molecule has 3 heteroatoms. The Labute approximate surface area is 121 Å². The fourth-order valence-electron chi connectivity index (χ4n) is 3.15. The van der Waals surface area contributed by atoms with Gasteiger partial charge in [0.25, 0.3) is 0 Å². The highest BCUT2D eigenvalue weighted by molar-refractivity contribution is 5.36. The van der Waals surface area contributed by atoms with Crippen LogP contribution >= 0.6 is 0 Å². The molecule has 0 radical (unpaired) electrons. The van der Waals surface area contributed by atoms with Gasteiger partial charge in [0.05, 0.1) is 12.7 Å². The number of rotatable bonds is 4. The molecule has 1 aromatic rings. The number of benzene rings is 1. The molecule has 1 fully saturated rings. The molecule has 110 valence electrons. The molecule has 2 unspecified atom stereocenters. The van der Waals surface area contributed by atoms with Crippen molar-refractivity contribution in [3.05, 3.63) is 34.9 Å². The molecule has 1 aliphatic carbocycles. The zero-order chi connectivity index (χ0) is 14.2. The summed E-state index contributed by atoms with van der Waals surface area (Å²) in [4.78, 5) is 0. The number of hydrogen-bond donors (Lipinski definition) is 1. The number of ether oxygens (including phenoxy) is 2. The van der Waals surface area contributed by atoms with Gasteiger partial charge in [-0.25, -0.2) is 0 Å². The molecule has 0 aromatic heterocycles. The Morgan fingerprint density at radius 1 is 1.30 bits per heavy atom. The molecular formula is C17H25NO2. The summed E-state index contributed by atoms with van der Waals surface area (Å²) in [6.45, 7) is 7.67. The van der Waals surface area contributed by atoms with Crippen LogP contribution in [0.5, 0.6) is 0 Å². The van der Waals surface area contributed by atoms with Crippen LogP contribution in [0, 0.1) is 0 Å². The number of fused-ring (bicyclic) bond motifs is 1. The van der Waals surface area contributed by atoms with E-state index in [1.165, 1.54) is 36.0 Å². The highest BCUT2D eigenvalue weighted by Crippen LogP contribution is 2.26. The monoisotopic (exact) mass is 275 g/mol. The van der Waals surface area contributed by atoms with Crippen molar-refractivity contribution < 1.29 is 9.47 Å². The van der Waals surface area contributed by atoms with Crippen molar-refractivity contribution in [1.82, 2.24) is 5.32 Å². The lowest BCUT2D eigenvalue weighted by atomic mass is 10.0. The summed E-state index contributed by atoms with van der Waals surface area (Å²) in [5.41, 5.74) is 4.46. The summed E-state index contributed by atoms with van der Waals surface area (Å²) in [5.74, 6) is -0.427. The third-order valence-corrected chi connectivity index (χ3v) is 4.34. The van der Waals surface area contributed by atoms with Gasteiger partial charge in [-0.15, -0.1) is 0 Å². The molecule has 1 aliphatic heterocycles. The Bertz CT molecular complexity index is 484. The van der Waals surface area contributed by atoms with E-state index in [1.54, 1.807) is 0 Å². The van der Waals surface area contributed by atoms with Crippen molar-refractivity contribution in [3.8, 4) is 0 Å². The van der Waals surface area contributed by atoms with Crippen molar-refractivity contribution >= 4 is 0 Å². The number of hydrogen-bond acceptors (Lipinski definition) is 3. The zero-order valence-corrected chi connectivity index (χ0v) is 12.7. The minimum atomic E-state index is -0.427. The van der Waals surface area contributed by atoms with Gasteiger partial charge in [-0.2, -0.15) is 0 Å². The van der Waals surface area contributed by atoms with Crippen LogP contribution in [0.2, 0.25) is 0 Å². The summed E-state index contributed by atoms with van der Waals surface area (Å²) < 4.78 is 11.4. The molecule has 1 saturated heterocycles. The van der Waals surface area contributed by atoms with Gasteiger partial charge in [0, 0.05) is 12.6 Å². The molecule has 0 bridgehead atoms. The Balaban J connectivity index is 1.56. The van der Waals surface area contributed by atoms with E-state index < -0.39 is 5.79 Å². The van der Waals surface area contributed by atoms with Crippen LogP contribution in [-0.2, 0) is 22.3 Å². The van der Waals surface area contributed by atoms with Gasteiger partial charge in [0.1, 0.15) is 0 Å². The van der Waals surface area contributed by atoms with Crippen molar-refractivity contribution in [2.75, 3.05) is 13.2 Å². The molecule has 0 saturated carbocycles. The predicted molar refractivity (Wildman–Crippen MR) is 79.8 cm³/mol. The lowest BCUT2D eigenvalue weighted by Gasteiger charge is -2.20. The Kier molecular flexibility index (Phi) is 3.85. The average molecular weight is 275 g/mol. The van der Waals surface area contributed by atoms with Crippen LogP contribution in [0.1, 0.15) is 49.9 Å². The van der Waals surface area contributed by atoms with Crippen molar-refractivity contribution in [3.63, 3.8) is 0 Å². The van der Waals surface area contributed by atoms with Crippen LogP contribution in [0.15, 0.2) is 18.2 Å². The maximum Gasteiger partial charge on any atom is 0.163 e. The lowest BCUT2D eigenvalue weighted by molar-refractivity contribution is -0.137. The topological polar surface area (TPSA) is 30.5 Å². The predicted octanol–water partition coefficient (Wildman–Crippen LogP) is 2.98. The Hall–Kier alpha value is -0.900. The SMILES string of the molecule is CC(NCC1COC(C)(C)O1)c1ccc2c(c1)CCC2. The van der Waals surface area contributed by atoms with E-state index in [1.807, 2.05) is 13.8 Å². The highest BCUT2D eigenvalue weighted by atomic mass is 16.7. The quantitative estimate of drug-likeness (QED) is 0.916. The van der Waals surface area contributed by atoms with E-state index in [9.17, 15) is 0 Å². The first kappa shape index (κ1) is 14.1. The minimum absolute atomic E-state index is 0.155. The summed E-state index contributed by atoms with van der Waals surface area (Å²) in [6.07, 6.45) is 3.95. The van der Waals surface area contributed by atoms with Crippen molar-refractivity contribution in [2.24, 2.45) is 0 Å². The summed E-state index contributed by atoms with van der Waals surface area (Å²) in [5, 5.41) is 3.56.